The third kappa shape index (κ3) is 3.94. The summed E-state index contributed by atoms with van der Waals surface area (Å²) in [6, 6.07) is 5.81. The van der Waals surface area contributed by atoms with Crippen molar-refractivity contribution in [2.24, 2.45) is 0 Å². The van der Waals surface area contributed by atoms with Gasteiger partial charge in [-0.2, -0.15) is 0 Å². The Balaban J connectivity index is 1.79. The molecule has 0 aromatic carbocycles. The topological polar surface area (TPSA) is 82.5 Å². The number of hydrogen-bond donors (Lipinski definition) is 2. The lowest BCUT2D eigenvalue weighted by Crippen LogP contribution is -2.37. The lowest BCUT2D eigenvalue weighted by Gasteiger charge is -2.17. The molecule has 0 radical (unpaired) electrons. The second-order valence-corrected chi connectivity index (χ2v) is 4.58. The number of nitrogens with zero attached hydrogens (tertiary/aromatic N) is 2. The minimum Gasteiger partial charge on any atom is -0.481 e. The van der Waals surface area contributed by atoms with Crippen LogP contribution in [0, 0.1) is 0 Å². The van der Waals surface area contributed by atoms with Gasteiger partial charge in [0, 0.05) is 31.7 Å². The summed E-state index contributed by atoms with van der Waals surface area (Å²) in [6.07, 6.45) is 2.52. The van der Waals surface area contributed by atoms with Gasteiger partial charge in [0.1, 0.15) is 5.82 Å². The normalized spacial score (nSPS) is 18.3. The molecular formula is C13H17N3O3. The van der Waals surface area contributed by atoms with Crippen molar-refractivity contribution in [2.45, 2.75) is 25.3 Å². The molecule has 1 aliphatic rings. The fourth-order valence-electron chi connectivity index (χ4n) is 2.15. The maximum absolute atomic E-state index is 11.5. The highest BCUT2D eigenvalue weighted by Crippen LogP contribution is 2.17. The molecule has 1 atom stereocenters. The van der Waals surface area contributed by atoms with E-state index >= 15 is 0 Å². The van der Waals surface area contributed by atoms with Crippen molar-refractivity contribution in [1.82, 2.24) is 10.3 Å². The van der Waals surface area contributed by atoms with Crippen LogP contribution >= 0.6 is 0 Å². The molecular weight excluding hydrogens is 246 g/mol. The standard InChI is InChI=1S/C13H17N3O3/c17-12(4-5-13(18)19)15-10-6-8-16(9-10)11-3-1-2-7-14-11/h1-3,7,10H,4-6,8-9H2,(H,15,17)(H,18,19). The zero-order valence-corrected chi connectivity index (χ0v) is 10.6. The SMILES string of the molecule is O=C(O)CCC(=O)NC1CCN(c2ccccn2)C1. The number of nitrogens with one attached hydrogen (secondary N) is 1. The van der Waals surface area contributed by atoms with Gasteiger partial charge >= 0.3 is 5.97 Å². The first-order chi connectivity index (χ1) is 9.15. The summed E-state index contributed by atoms with van der Waals surface area (Å²) >= 11 is 0. The Kier molecular flexibility index (Phi) is 4.33. The van der Waals surface area contributed by atoms with E-state index in [2.05, 4.69) is 15.2 Å². The minimum atomic E-state index is -0.948. The molecule has 1 aromatic rings. The molecule has 6 heteroatoms. The molecule has 1 aliphatic heterocycles. The summed E-state index contributed by atoms with van der Waals surface area (Å²) in [7, 11) is 0. The number of carbonyl (C=O) groups is 2. The Morgan fingerprint density at radius 1 is 1.42 bits per heavy atom. The Morgan fingerprint density at radius 3 is 2.95 bits per heavy atom. The minimum absolute atomic E-state index is 0.0371. The predicted octanol–water partition coefficient (Wildman–Crippen LogP) is 0.641. The van der Waals surface area contributed by atoms with Gasteiger partial charge in [-0.25, -0.2) is 4.98 Å². The number of rotatable bonds is 5. The van der Waals surface area contributed by atoms with Gasteiger partial charge in [-0.3, -0.25) is 9.59 Å². The Labute approximate surface area is 111 Å². The highest BCUT2D eigenvalue weighted by Gasteiger charge is 2.24. The van der Waals surface area contributed by atoms with E-state index in [0.29, 0.717) is 0 Å². The van der Waals surface area contributed by atoms with Crippen LogP contribution in [0.25, 0.3) is 0 Å². The van der Waals surface area contributed by atoms with Crippen molar-refractivity contribution in [3.05, 3.63) is 24.4 Å². The highest BCUT2D eigenvalue weighted by molar-refractivity contribution is 5.80. The summed E-state index contributed by atoms with van der Waals surface area (Å²) in [5, 5.41) is 11.4. The molecule has 2 rings (SSSR count). The first-order valence-corrected chi connectivity index (χ1v) is 6.32. The van der Waals surface area contributed by atoms with E-state index < -0.39 is 5.97 Å². The summed E-state index contributed by atoms with van der Waals surface area (Å²) in [5.74, 6) is -0.239. The number of aromatic nitrogens is 1. The summed E-state index contributed by atoms with van der Waals surface area (Å²) in [6.45, 7) is 1.57. The van der Waals surface area contributed by atoms with Crippen molar-refractivity contribution >= 4 is 17.7 Å². The van der Waals surface area contributed by atoms with Gasteiger partial charge in [0.05, 0.1) is 6.42 Å². The van der Waals surface area contributed by atoms with Crippen molar-refractivity contribution < 1.29 is 14.7 Å². The molecule has 0 saturated carbocycles. The van der Waals surface area contributed by atoms with Gasteiger partial charge in [0.25, 0.3) is 0 Å². The molecule has 1 aromatic heterocycles. The molecule has 19 heavy (non-hydrogen) atoms. The fraction of sp³-hybridized carbons (Fsp3) is 0.462. The van der Waals surface area contributed by atoms with Crippen LogP contribution in [0.4, 0.5) is 5.82 Å². The van der Waals surface area contributed by atoms with Crippen LogP contribution in [0.2, 0.25) is 0 Å². The van der Waals surface area contributed by atoms with Gasteiger partial charge in [-0.1, -0.05) is 6.07 Å². The maximum Gasteiger partial charge on any atom is 0.303 e. The van der Waals surface area contributed by atoms with Gasteiger partial charge in [-0.05, 0) is 18.6 Å². The monoisotopic (exact) mass is 263 g/mol. The molecule has 2 N–H and O–H groups in total. The van der Waals surface area contributed by atoms with E-state index in [1.54, 1.807) is 6.20 Å². The molecule has 0 spiro atoms. The van der Waals surface area contributed by atoms with Crippen LogP contribution in [0.1, 0.15) is 19.3 Å². The van der Waals surface area contributed by atoms with Gasteiger partial charge in [0.15, 0.2) is 0 Å². The smallest absolute Gasteiger partial charge is 0.303 e. The largest absolute Gasteiger partial charge is 0.481 e. The van der Waals surface area contributed by atoms with Crippen LogP contribution in [-0.2, 0) is 9.59 Å². The van der Waals surface area contributed by atoms with Gasteiger partial charge in [0.2, 0.25) is 5.91 Å². The lowest BCUT2D eigenvalue weighted by molar-refractivity contribution is -0.138. The summed E-state index contributed by atoms with van der Waals surface area (Å²) in [4.78, 5) is 28.3. The van der Waals surface area contributed by atoms with Crippen molar-refractivity contribution in [2.75, 3.05) is 18.0 Å². The molecule has 0 aliphatic carbocycles. The number of hydrogen-bond acceptors (Lipinski definition) is 4. The van der Waals surface area contributed by atoms with E-state index in [9.17, 15) is 9.59 Å². The first-order valence-electron chi connectivity index (χ1n) is 6.32. The van der Waals surface area contributed by atoms with Crippen molar-refractivity contribution in [1.29, 1.82) is 0 Å². The lowest BCUT2D eigenvalue weighted by atomic mass is 10.2. The van der Waals surface area contributed by atoms with Crippen LogP contribution in [0.5, 0.6) is 0 Å². The van der Waals surface area contributed by atoms with Gasteiger partial charge < -0.3 is 15.3 Å². The molecule has 102 valence electrons. The van der Waals surface area contributed by atoms with Crippen LogP contribution in [0.15, 0.2) is 24.4 Å². The molecule has 0 bridgehead atoms. The average Bonchev–Trinajstić information content (AvgIpc) is 2.86. The van der Waals surface area contributed by atoms with E-state index in [1.807, 2.05) is 18.2 Å². The second-order valence-electron chi connectivity index (χ2n) is 4.58. The third-order valence-electron chi connectivity index (χ3n) is 3.09. The number of pyridine rings is 1. The fourth-order valence-corrected chi connectivity index (χ4v) is 2.15. The zero-order chi connectivity index (χ0) is 13.7. The zero-order valence-electron chi connectivity index (χ0n) is 10.6. The maximum atomic E-state index is 11.5. The van der Waals surface area contributed by atoms with E-state index in [4.69, 9.17) is 5.11 Å². The Hall–Kier alpha value is -2.11. The van der Waals surface area contributed by atoms with Crippen molar-refractivity contribution in [3.63, 3.8) is 0 Å². The Morgan fingerprint density at radius 2 is 2.26 bits per heavy atom. The third-order valence-corrected chi connectivity index (χ3v) is 3.09. The van der Waals surface area contributed by atoms with E-state index in [0.717, 1.165) is 25.3 Å². The number of carboxylic acids is 1. The Bertz CT molecular complexity index is 450. The molecule has 1 saturated heterocycles. The average molecular weight is 263 g/mol. The molecule has 2 heterocycles. The molecule has 1 amide bonds. The van der Waals surface area contributed by atoms with Crippen LogP contribution in [-0.4, -0.2) is 41.1 Å². The molecule has 1 unspecified atom stereocenters. The quantitative estimate of drug-likeness (QED) is 0.814. The molecule has 6 nitrogen and oxygen atoms in total. The molecule has 1 fully saturated rings. The van der Waals surface area contributed by atoms with Crippen molar-refractivity contribution in [3.8, 4) is 0 Å². The van der Waals surface area contributed by atoms with Crippen LogP contribution < -0.4 is 10.2 Å². The summed E-state index contributed by atoms with van der Waals surface area (Å²) < 4.78 is 0. The highest BCUT2D eigenvalue weighted by atomic mass is 16.4. The number of amides is 1. The van der Waals surface area contributed by atoms with Gasteiger partial charge in [-0.15, -0.1) is 0 Å². The van der Waals surface area contributed by atoms with E-state index in [1.165, 1.54) is 0 Å². The second kappa shape index (κ2) is 6.17. The van der Waals surface area contributed by atoms with E-state index in [-0.39, 0.29) is 24.8 Å². The predicted molar refractivity (Wildman–Crippen MR) is 69.9 cm³/mol. The number of anilines is 1. The first kappa shape index (κ1) is 13.3. The summed E-state index contributed by atoms with van der Waals surface area (Å²) in [5.41, 5.74) is 0. The number of carbonyl (C=O) groups excluding carboxylic acids is 1. The number of carboxylic acid groups (broad SMARTS) is 1. The van der Waals surface area contributed by atoms with Crippen LogP contribution in [0.3, 0.4) is 0 Å². The number of aliphatic carboxylic acids is 1.